The van der Waals surface area contributed by atoms with Gasteiger partial charge in [0.2, 0.25) is 0 Å². The lowest BCUT2D eigenvalue weighted by Crippen LogP contribution is -2.30. The number of likely N-dealkylation sites (tertiary alicyclic amines) is 1. The van der Waals surface area contributed by atoms with E-state index in [1.807, 2.05) is 18.2 Å². The molecule has 1 heterocycles. The van der Waals surface area contributed by atoms with E-state index in [0.717, 1.165) is 37.2 Å². The van der Waals surface area contributed by atoms with Crippen LogP contribution in [-0.4, -0.2) is 30.8 Å². The average molecular weight is 343 g/mol. The van der Waals surface area contributed by atoms with Crippen molar-refractivity contribution in [3.63, 3.8) is 0 Å². The van der Waals surface area contributed by atoms with Crippen LogP contribution in [0.1, 0.15) is 34.3 Å². The predicted octanol–water partition coefficient (Wildman–Crippen LogP) is 4.27. The molecule has 0 spiro atoms. The molecule has 1 aliphatic rings. The molecular formula is C21H23F2NO. The van der Waals surface area contributed by atoms with Gasteiger partial charge in [-0.1, -0.05) is 30.3 Å². The number of rotatable bonds is 5. The van der Waals surface area contributed by atoms with E-state index in [4.69, 9.17) is 0 Å². The van der Waals surface area contributed by atoms with Gasteiger partial charge in [-0.15, -0.1) is 0 Å². The third-order valence-corrected chi connectivity index (χ3v) is 4.96. The van der Waals surface area contributed by atoms with Crippen LogP contribution in [0.2, 0.25) is 0 Å². The summed E-state index contributed by atoms with van der Waals surface area (Å²) in [4.78, 5) is 14.6. The van der Waals surface area contributed by atoms with Crippen LogP contribution < -0.4 is 0 Å². The number of hydrogen-bond acceptors (Lipinski definition) is 2. The van der Waals surface area contributed by atoms with Crippen molar-refractivity contribution in [2.75, 3.05) is 20.1 Å². The number of ketones is 1. The van der Waals surface area contributed by atoms with E-state index >= 15 is 0 Å². The lowest BCUT2D eigenvalue weighted by Gasteiger charge is -2.29. The minimum Gasteiger partial charge on any atom is -0.306 e. The predicted molar refractivity (Wildman–Crippen MR) is 94.8 cm³/mol. The molecule has 132 valence electrons. The van der Waals surface area contributed by atoms with Gasteiger partial charge in [0.1, 0.15) is 11.6 Å². The van der Waals surface area contributed by atoms with Gasteiger partial charge in [-0.25, -0.2) is 8.78 Å². The summed E-state index contributed by atoms with van der Waals surface area (Å²) in [6.45, 7) is 2.24. The second kappa shape index (κ2) is 7.87. The molecule has 0 radical (unpaired) electrons. The van der Waals surface area contributed by atoms with Crippen LogP contribution in [0.4, 0.5) is 8.78 Å². The summed E-state index contributed by atoms with van der Waals surface area (Å²) in [6, 6.07) is 11.3. The van der Waals surface area contributed by atoms with Gasteiger partial charge in [0.05, 0.1) is 5.56 Å². The SMILES string of the molecule is CN1CCC(Cc2cccc(CC(=O)c3c(F)cccc3F)c2)CC1. The van der Waals surface area contributed by atoms with Crippen LogP contribution in [0.5, 0.6) is 0 Å². The molecule has 1 saturated heterocycles. The first kappa shape index (κ1) is 17.7. The van der Waals surface area contributed by atoms with Crippen molar-refractivity contribution < 1.29 is 13.6 Å². The Morgan fingerprint density at radius 2 is 1.64 bits per heavy atom. The zero-order chi connectivity index (χ0) is 17.8. The normalized spacial score (nSPS) is 16.1. The molecular weight excluding hydrogens is 320 g/mol. The fourth-order valence-electron chi connectivity index (χ4n) is 3.50. The van der Waals surface area contributed by atoms with Crippen LogP contribution in [0.25, 0.3) is 0 Å². The van der Waals surface area contributed by atoms with E-state index in [0.29, 0.717) is 5.92 Å². The van der Waals surface area contributed by atoms with Crippen molar-refractivity contribution in [3.05, 3.63) is 70.8 Å². The Bertz CT molecular complexity index is 731. The van der Waals surface area contributed by atoms with Crippen molar-refractivity contribution in [1.82, 2.24) is 4.90 Å². The fraction of sp³-hybridized carbons (Fsp3) is 0.381. The van der Waals surface area contributed by atoms with E-state index in [1.165, 1.54) is 24.5 Å². The number of hydrogen-bond donors (Lipinski definition) is 0. The number of halogens is 2. The Morgan fingerprint density at radius 3 is 2.32 bits per heavy atom. The molecule has 3 rings (SSSR count). The highest BCUT2D eigenvalue weighted by atomic mass is 19.1. The topological polar surface area (TPSA) is 20.3 Å². The Kier molecular flexibility index (Phi) is 5.59. The first-order valence-electron chi connectivity index (χ1n) is 8.76. The van der Waals surface area contributed by atoms with E-state index in [-0.39, 0.29) is 6.42 Å². The summed E-state index contributed by atoms with van der Waals surface area (Å²) in [7, 11) is 2.14. The van der Waals surface area contributed by atoms with Crippen molar-refractivity contribution >= 4 is 5.78 Å². The molecule has 2 aromatic carbocycles. The Labute approximate surface area is 147 Å². The molecule has 0 amide bonds. The van der Waals surface area contributed by atoms with Gasteiger partial charge in [0.15, 0.2) is 5.78 Å². The molecule has 0 aliphatic carbocycles. The first-order chi connectivity index (χ1) is 12.0. The highest BCUT2D eigenvalue weighted by Gasteiger charge is 2.19. The molecule has 25 heavy (non-hydrogen) atoms. The van der Waals surface area contributed by atoms with Gasteiger partial charge in [0.25, 0.3) is 0 Å². The van der Waals surface area contributed by atoms with Gasteiger partial charge in [-0.3, -0.25) is 4.79 Å². The lowest BCUT2D eigenvalue weighted by molar-refractivity contribution is 0.0985. The third-order valence-electron chi connectivity index (χ3n) is 4.96. The molecule has 2 nitrogen and oxygen atoms in total. The van der Waals surface area contributed by atoms with Crippen molar-refractivity contribution in [3.8, 4) is 0 Å². The molecule has 0 saturated carbocycles. The first-order valence-corrected chi connectivity index (χ1v) is 8.76. The monoisotopic (exact) mass is 343 g/mol. The highest BCUT2D eigenvalue weighted by Crippen LogP contribution is 2.22. The molecule has 2 aromatic rings. The minimum absolute atomic E-state index is 0.0130. The standard InChI is InChI=1S/C21H23F2NO/c1-24-10-8-15(9-11-24)12-16-4-2-5-17(13-16)14-20(25)21-18(22)6-3-7-19(21)23/h2-7,13,15H,8-12,14H2,1H3. The summed E-state index contributed by atoms with van der Waals surface area (Å²) in [6.07, 6.45) is 3.36. The number of nitrogens with zero attached hydrogens (tertiary/aromatic N) is 1. The maximum atomic E-state index is 13.8. The molecule has 0 unspecified atom stereocenters. The van der Waals surface area contributed by atoms with Crippen molar-refractivity contribution in [1.29, 1.82) is 0 Å². The van der Waals surface area contributed by atoms with Crippen LogP contribution in [0, 0.1) is 17.6 Å². The molecule has 0 bridgehead atoms. The summed E-state index contributed by atoms with van der Waals surface area (Å²) < 4.78 is 27.5. The average Bonchev–Trinajstić information content (AvgIpc) is 2.57. The second-order valence-electron chi connectivity index (χ2n) is 6.97. The number of carbonyl (C=O) groups excluding carboxylic acids is 1. The summed E-state index contributed by atoms with van der Waals surface area (Å²) in [5, 5.41) is 0. The fourth-order valence-corrected chi connectivity index (χ4v) is 3.50. The zero-order valence-electron chi connectivity index (χ0n) is 14.5. The van der Waals surface area contributed by atoms with E-state index in [9.17, 15) is 13.6 Å². The quantitative estimate of drug-likeness (QED) is 0.756. The van der Waals surface area contributed by atoms with Crippen LogP contribution in [0.3, 0.4) is 0 Å². The summed E-state index contributed by atoms with van der Waals surface area (Å²) in [5.41, 5.74) is 1.55. The molecule has 0 aromatic heterocycles. The van der Waals surface area contributed by atoms with Gasteiger partial charge >= 0.3 is 0 Å². The van der Waals surface area contributed by atoms with Gasteiger partial charge in [0, 0.05) is 6.42 Å². The summed E-state index contributed by atoms with van der Waals surface area (Å²) >= 11 is 0. The number of piperidine rings is 1. The van der Waals surface area contributed by atoms with Crippen molar-refractivity contribution in [2.45, 2.75) is 25.7 Å². The Hall–Kier alpha value is -2.07. The van der Waals surface area contributed by atoms with Crippen LogP contribution in [-0.2, 0) is 12.8 Å². The van der Waals surface area contributed by atoms with E-state index < -0.39 is 23.0 Å². The zero-order valence-corrected chi connectivity index (χ0v) is 14.5. The molecule has 1 fully saturated rings. The third kappa shape index (κ3) is 4.51. The van der Waals surface area contributed by atoms with Gasteiger partial charge in [-0.2, -0.15) is 0 Å². The smallest absolute Gasteiger partial charge is 0.173 e. The maximum Gasteiger partial charge on any atom is 0.173 e. The minimum atomic E-state index is -0.799. The summed E-state index contributed by atoms with van der Waals surface area (Å²) in [5.74, 6) is -1.46. The molecule has 0 atom stereocenters. The number of Topliss-reactive ketones (excluding diaryl/α,β-unsaturated/α-hetero) is 1. The molecule has 1 aliphatic heterocycles. The lowest BCUT2D eigenvalue weighted by atomic mass is 9.89. The van der Waals surface area contributed by atoms with Gasteiger partial charge in [-0.05, 0) is 68.6 Å². The molecule has 0 N–H and O–H groups in total. The Morgan fingerprint density at radius 1 is 1.04 bits per heavy atom. The van der Waals surface area contributed by atoms with Crippen molar-refractivity contribution in [2.24, 2.45) is 5.92 Å². The van der Waals surface area contributed by atoms with E-state index in [2.05, 4.69) is 18.0 Å². The highest BCUT2D eigenvalue weighted by molar-refractivity contribution is 5.98. The second-order valence-corrected chi connectivity index (χ2v) is 6.97. The van der Waals surface area contributed by atoms with Crippen LogP contribution in [0.15, 0.2) is 42.5 Å². The largest absolute Gasteiger partial charge is 0.306 e. The number of benzene rings is 2. The van der Waals surface area contributed by atoms with Crippen LogP contribution >= 0.6 is 0 Å². The molecule has 4 heteroatoms. The maximum absolute atomic E-state index is 13.8. The van der Waals surface area contributed by atoms with Gasteiger partial charge < -0.3 is 4.90 Å². The number of carbonyl (C=O) groups is 1. The Balaban J connectivity index is 1.68. The van der Waals surface area contributed by atoms with E-state index in [1.54, 1.807) is 0 Å².